The molecule has 7 heteroatoms. The van der Waals surface area contributed by atoms with Gasteiger partial charge in [-0.2, -0.15) is 0 Å². The highest BCUT2D eigenvalue weighted by atomic mass is 35.7. The third-order valence-corrected chi connectivity index (χ3v) is 5.35. The monoisotopic (exact) mass is 317 g/mol. The number of carbonyl (C=O) groups is 1. The van der Waals surface area contributed by atoms with Crippen molar-refractivity contribution in [3.63, 3.8) is 0 Å². The van der Waals surface area contributed by atoms with Gasteiger partial charge in [-0.15, -0.1) is 0 Å². The molecule has 1 N–H and O–H groups in total. The van der Waals surface area contributed by atoms with E-state index >= 15 is 0 Å². The van der Waals surface area contributed by atoms with Gasteiger partial charge >= 0.3 is 0 Å². The van der Waals surface area contributed by atoms with E-state index in [9.17, 15) is 13.2 Å². The first kappa shape index (κ1) is 13.9. The van der Waals surface area contributed by atoms with Crippen LogP contribution in [0.25, 0.3) is 0 Å². The minimum absolute atomic E-state index is 0.00743. The molecular weight excluding hydrogens is 302 g/mol. The maximum Gasteiger partial charge on any atom is 0.287 e. The summed E-state index contributed by atoms with van der Waals surface area (Å²) in [6.07, 6.45) is 4.61. The first-order valence-corrected chi connectivity index (χ1v) is 9.03. The lowest BCUT2D eigenvalue weighted by Crippen LogP contribution is -2.37. The van der Waals surface area contributed by atoms with E-state index in [1.165, 1.54) is 13.0 Å². The number of hydrogen-bond donors (Lipinski definition) is 1. The molecule has 3 rings (SSSR count). The summed E-state index contributed by atoms with van der Waals surface area (Å²) in [7, 11) is 1.40. The van der Waals surface area contributed by atoms with E-state index in [-0.39, 0.29) is 28.4 Å². The van der Waals surface area contributed by atoms with Crippen LogP contribution in [0.15, 0.2) is 15.4 Å². The van der Waals surface area contributed by atoms with Gasteiger partial charge < -0.3 is 9.73 Å². The van der Waals surface area contributed by atoms with Crippen molar-refractivity contribution < 1.29 is 17.6 Å². The Balaban J connectivity index is 1.77. The molecule has 0 aliphatic heterocycles. The summed E-state index contributed by atoms with van der Waals surface area (Å²) >= 11 is 0. The zero-order valence-electron chi connectivity index (χ0n) is 11.1. The Morgan fingerprint density at radius 3 is 2.30 bits per heavy atom. The van der Waals surface area contributed by atoms with Gasteiger partial charge in [-0.1, -0.05) is 0 Å². The lowest BCUT2D eigenvalue weighted by molar-refractivity contribution is 0.0897. The molecule has 20 heavy (non-hydrogen) atoms. The second kappa shape index (κ2) is 4.77. The van der Waals surface area contributed by atoms with Gasteiger partial charge in [0, 0.05) is 22.8 Å². The standard InChI is InChI=1S/C13H16ClNO4S/c1-7-11(20(14,17)18)6-10(19-7)13(16)15-12(8-2-3-8)9-4-5-9/h6,8-9,12H,2-5H2,1H3,(H,15,16). The Morgan fingerprint density at radius 1 is 1.35 bits per heavy atom. The quantitative estimate of drug-likeness (QED) is 0.846. The van der Waals surface area contributed by atoms with Crippen LogP contribution < -0.4 is 5.32 Å². The van der Waals surface area contributed by atoms with Gasteiger partial charge in [0.1, 0.15) is 10.7 Å². The van der Waals surface area contributed by atoms with Gasteiger partial charge in [-0.3, -0.25) is 4.79 Å². The highest BCUT2D eigenvalue weighted by molar-refractivity contribution is 8.13. The topological polar surface area (TPSA) is 76.4 Å². The van der Waals surface area contributed by atoms with Crippen molar-refractivity contribution in [1.82, 2.24) is 5.32 Å². The Labute approximate surface area is 122 Å². The van der Waals surface area contributed by atoms with E-state index in [0.717, 1.165) is 25.7 Å². The Bertz CT molecular complexity index is 631. The van der Waals surface area contributed by atoms with Gasteiger partial charge in [0.05, 0.1) is 0 Å². The molecule has 1 aromatic rings. The van der Waals surface area contributed by atoms with Gasteiger partial charge in [0.2, 0.25) is 0 Å². The van der Waals surface area contributed by atoms with E-state index in [0.29, 0.717) is 11.8 Å². The zero-order valence-corrected chi connectivity index (χ0v) is 12.6. The number of amides is 1. The van der Waals surface area contributed by atoms with Crippen molar-refractivity contribution in [1.29, 1.82) is 0 Å². The van der Waals surface area contributed by atoms with Gasteiger partial charge in [0.25, 0.3) is 15.0 Å². The SMILES string of the molecule is Cc1oc(C(=O)NC(C2CC2)C2CC2)cc1S(=O)(=O)Cl. The fraction of sp³-hybridized carbons (Fsp3) is 0.615. The molecule has 0 unspecified atom stereocenters. The van der Waals surface area contributed by atoms with Crippen molar-refractivity contribution in [2.24, 2.45) is 11.8 Å². The number of carbonyl (C=O) groups excluding carboxylic acids is 1. The first-order valence-electron chi connectivity index (χ1n) is 6.72. The van der Waals surface area contributed by atoms with Crippen LogP contribution in [0, 0.1) is 18.8 Å². The fourth-order valence-electron chi connectivity index (χ4n) is 2.57. The summed E-state index contributed by atoms with van der Waals surface area (Å²) in [5, 5.41) is 2.98. The molecule has 2 aliphatic rings. The van der Waals surface area contributed by atoms with Crippen LogP contribution in [0.5, 0.6) is 0 Å². The Morgan fingerprint density at radius 2 is 1.90 bits per heavy atom. The molecule has 110 valence electrons. The highest BCUT2D eigenvalue weighted by Crippen LogP contribution is 2.44. The number of furan rings is 1. The molecule has 2 aliphatic carbocycles. The van der Waals surface area contributed by atoms with E-state index in [1.54, 1.807) is 0 Å². The van der Waals surface area contributed by atoms with E-state index in [1.807, 2.05) is 0 Å². The average Bonchev–Trinajstić information content (AvgIpc) is 3.22. The van der Waals surface area contributed by atoms with Crippen LogP contribution in [0.2, 0.25) is 0 Å². The molecule has 0 bridgehead atoms. The predicted molar refractivity (Wildman–Crippen MR) is 73.2 cm³/mol. The molecule has 1 amide bonds. The maximum absolute atomic E-state index is 12.2. The minimum atomic E-state index is -3.88. The van der Waals surface area contributed by atoms with Crippen LogP contribution >= 0.6 is 10.7 Å². The second-order valence-corrected chi connectivity index (χ2v) is 8.18. The fourth-order valence-corrected chi connectivity index (χ4v) is 3.67. The molecule has 2 saturated carbocycles. The molecule has 0 radical (unpaired) electrons. The first-order chi connectivity index (χ1) is 9.36. The minimum Gasteiger partial charge on any atom is -0.455 e. The van der Waals surface area contributed by atoms with Gasteiger partial charge in [-0.25, -0.2) is 8.42 Å². The molecule has 1 heterocycles. The molecular formula is C13H16ClNO4S. The summed E-state index contributed by atoms with van der Waals surface area (Å²) in [6, 6.07) is 1.40. The lowest BCUT2D eigenvalue weighted by Gasteiger charge is -2.16. The largest absolute Gasteiger partial charge is 0.455 e. The number of halogens is 1. The van der Waals surface area contributed by atoms with Crippen LogP contribution in [0.3, 0.4) is 0 Å². The Kier molecular flexibility index (Phi) is 3.33. The van der Waals surface area contributed by atoms with E-state index in [4.69, 9.17) is 15.1 Å². The number of hydrogen-bond acceptors (Lipinski definition) is 4. The summed E-state index contributed by atoms with van der Waals surface area (Å²) in [6.45, 7) is 1.48. The Hall–Kier alpha value is -1.01. The highest BCUT2D eigenvalue weighted by Gasteiger charge is 2.42. The van der Waals surface area contributed by atoms with Crippen LogP contribution in [-0.4, -0.2) is 20.4 Å². The van der Waals surface area contributed by atoms with Crippen molar-refractivity contribution >= 4 is 25.6 Å². The van der Waals surface area contributed by atoms with E-state index < -0.39 is 9.05 Å². The van der Waals surface area contributed by atoms with Crippen molar-refractivity contribution in [3.05, 3.63) is 17.6 Å². The summed E-state index contributed by atoms with van der Waals surface area (Å²) < 4.78 is 27.9. The number of rotatable bonds is 5. The average molecular weight is 318 g/mol. The molecule has 5 nitrogen and oxygen atoms in total. The van der Waals surface area contributed by atoms with Gasteiger partial charge in [0.15, 0.2) is 5.76 Å². The van der Waals surface area contributed by atoms with Crippen LogP contribution in [0.4, 0.5) is 0 Å². The van der Waals surface area contributed by atoms with Crippen molar-refractivity contribution in [2.45, 2.75) is 43.5 Å². The summed E-state index contributed by atoms with van der Waals surface area (Å²) in [5.74, 6) is 0.925. The number of aryl methyl sites for hydroxylation is 1. The second-order valence-electron chi connectivity index (χ2n) is 5.64. The lowest BCUT2D eigenvalue weighted by atomic mass is 10.1. The molecule has 0 spiro atoms. The molecule has 1 aromatic heterocycles. The molecule has 2 fully saturated rings. The van der Waals surface area contributed by atoms with Crippen LogP contribution in [-0.2, 0) is 9.05 Å². The van der Waals surface area contributed by atoms with Crippen molar-refractivity contribution in [2.75, 3.05) is 0 Å². The summed E-state index contributed by atoms with van der Waals surface area (Å²) in [4.78, 5) is 12.0. The predicted octanol–water partition coefficient (Wildman–Crippen LogP) is 2.43. The number of nitrogens with one attached hydrogen (secondary N) is 1. The molecule has 0 atom stereocenters. The smallest absolute Gasteiger partial charge is 0.287 e. The zero-order chi connectivity index (χ0) is 14.5. The molecule has 0 aromatic carbocycles. The van der Waals surface area contributed by atoms with Crippen LogP contribution in [0.1, 0.15) is 42.0 Å². The van der Waals surface area contributed by atoms with E-state index in [2.05, 4.69) is 5.32 Å². The normalized spacial score (nSPS) is 19.4. The van der Waals surface area contributed by atoms with Gasteiger partial charge in [-0.05, 0) is 44.4 Å². The third kappa shape index (κ3) is 2.86. The summed E-state index contributed by atoms with van der Waals surface area (Å²) in [5.41, 5.74) is 0. The third-order valence-electron chi connectivity index (χ3n) is 3.92. The molecule has 0 saturated heterocycles. The maximum atomic E-state index is 12.2. The van der Waals surface area contributed by atoms with Crippen molar-refractivity contribution in [3.8, 4) is 0 Å².